The molecule has 0 bridgehead atoms. The minimum atomic E-state index is -0.0500. The van der Waals surface area contributed by atoms with Crippen molar-refractivity contribution >= 4 is 23.1 Å². The van der Waals surface area contributed by atoms with E-state index in [1.54, 1.807) is 11.3 Å². The number of aromatic nitrogens is 1. The second kappa shape index (κ2) is 3.59. The zero-order valence-corrected chi connectivity index (χ0v) is 9.38. The highest BCUT2D eigenvalue weighted by atomic mass is 32.2. The summed E-state index contributed by atoms with van der Waals surface area (Å²) in [5, 5.41) is 3.34. The topological polar surface area (TPSA) is 38.9 Å². The lowest BCUT2D eigenvalue weighted by atomic mass is 10.2. The molecule has 13 heavy (non-hydrogen) atoms. The largest absolute Gasteiger partial charge is 0.320 e. The van der Waals surface area contributed by atoms with Gasteiger partial charge < -0.3 is 5.73 Å². The van der Waals surface area contributed by atoms with Gasteiger partial charge in [0.2, 0.25) is 0 Å². The van der Waals surface area contributed by atoms with Crippen molar-refractivity contribution < 1.29 is 0 Å². The molecule has 0 amide bonds. The molecule has 0 atom stereocenters. The Kier molecular flexibility index (Phi) is 2.62. The summed E-state index contributed by atoms with van der Waals surface area (Å²) in [5.74, 6) is 2.19. The van der Waals surface area contributed by atoms with Crippen LogP contribution in [0.4, 0.5) is 0 Å². The van der Waals surface area contributed by atoms with E-state index >= 15 is 0 Å². The van der Waals surface area contributed by atoms with Crippen molar-refractivity contribution in [2.24, 2.45) is 5.73 Å². The van der Waals surface area contributed by atoms with Crippen LogP contribution in [0.15, 0.2) is 5.38 Å². The Labute approximate surface area is 86.9 Å². The molecule has 0 aromatic carbocycles. The Morgan fingerprint density at radius 3 is 3.08 bits per heavy atom. The highest BCUT2D eigenvalue weighted by Crippen LogP contribution is 2.42. The normalized spacial score (nSPS) is 18.9. The monoisotopic (exact) mass is 214 g/mol. The van der Waals surface area contributed by atoms with Gasteiger partial charge in [0.05, 0.1) is 11.2 Å². The maximum atomic E-state index is 6.05. The minimum absolute atomic E-state index is 0.0500. The Bertz CT molecular complexity index is 292. The van der Waals surface area contributed by atoms with E-state index in [9.17, 15) is 0 Å². The summed E-state index contributed by atoms with van der Waals surface area (Å²) in [6, 6.07) is 0. The van der Waals surface area contributed by atoms with E-state index in [4.69, 9.17) is 5.73 Å². The molecule has 1 aromatic rings. The number of thiazole rings is 1. The average Bonchev–Trinajstić information content (AvgIpc) is 2.69. The van der Waals surface area contributed by atoms with Crippen molar-refractivity contribution in [3.8, 4) is 0 Å². The van der Waals surface area contributed by atoms with Gasteiger partial charge in [-0.1, -0.05) is 6.92 Å². The molecular weight excluding hydrogens is 200 g/mol. The molecule has 2 nitrogen and oxygen atoms in total. The van der Waals surface area contributed by atoms with E-state index in [0.29, 0.717) is 0 Å². The molecule has 1 aliphatic carbocycles. The molecule has 1 aromatic heterocycles. The van der Waals surface area contributed by atoms with Crippen LogP contribution >= 0.6 is 23.1 Å². The van der Waals surface area contributed by atoms with Crippen molar-refractivity contribution in [1.29, 1.82) is 0 Å². The van der Waals surface area contributed by atoms with Gasteiger partial charge in [-0.15, -0.1) is 11.3 Å². The van der Waals surface area contributed by atoms with Crippen LogP contribution in [0.2, 0.25) is 0 Å². The second-order valence-corrected chi connectivity index (χ2v) is 5.64. The Balaban J connectivity index is 2.01. The van der Waals surface area contributed by atoms with Gasteiger partial charge in [0.25, 0.3) is 0 Å². The fourth-order valence-corrected chi connectivity index (χ4v) is 2.84. The first-order chi connectivity index (χ1) is 6.24. The van der Waals surface area contributed by atoms with E-state index in [1.165, 1.54) is 5.01 Å². The maximum Gasteiger partial charge on any atom is 0.103 e. The molecule has 0 radical (unpaired) electrons. The molecule has 1 fully saturated rings. The van der Waals surface area contributed by atoms with Crippen molar-refractivity contribution in [1.82, 2.24) is 4.98 Å². The smallest absolute Gasteiger partial charge is 0.103 e. The highest BCUT2D eigenvalue weighted by Gasteiger charge is 2.42. The van der Waals surface area contributed by atoms with Crippen LogP contribution in [0, 0.1) is 0 Å². The number of nitrogens with zero attached hydrogens (tertiary/aromatic N) is 1. The van der Waals surface area contributed by atoms with E-state index in [2.05, 4.69) is 17.3 Å². The van der Waals surface area contributed by atoms with Gasteiger partial charge in [0, 0.05) is 11.1 Å². The molecule has 1 saturated carbocycles. The minimum Gasteiger partial charge on any atom is -0.320 e. The van der Waals surface area contributed by atoms with Gasteiger partial charge in [-0.05, 0) is 18.6 Å². The quantitative estimate of drug-likeness (QED) is 0.836. The van der Waals surface area contributed by atoms with Crippen LogP contribution in [0.5, 0.6) is 0 Å². The third-order valence-electron chi connectivity index (χ3n) is 2.28. The summed E-state index contributed by atoms with van der Waals surface area (Å²) < 4.78 is 0. The summed E-state index contributed by atoms with van der Waals surface area (Å²) in [6.07, 6.45) is 2.22. The molecular formula is C9H14N2S2. The number of hydrogen-bond acceptors (Lipinski definition) is 4. The molecule has 0 aliphatic heterocycles. The van der Waals surface area contributed by atoms with Crippen LogP contribution in [-0.2, 0) is 11.3 Å². The van der Waals surface area contributed by atoms with Crippen molar-refractivity contribution in [2.75, 3.05) is 5.75 Å². The maximum absolute atomic E-state index is 6.05. The predicted molar refractivity (Wildman–Crippen MR) is 59.0 cm³/mol. The van der Waals surface area contributed by atoms with Gasteiger partial charge in [-0.2, -0.15) is 11.8 Å². The molecule has 2 N–H and O–H groups in total. The lowest BCUT2D eigenvalue weighted by Crippen LogP contribution is -2.18. The highest BCUT2D eigenvalue weighted by molar-refractivity contribution is 7.98. The SMILES string of the molecule is CCSCc1nc(C2(N)CC2)cs1. The van der Waals surface area contributed by atoms with Crippen molar-refractivity contribution in [2.45, 2.75) is 31.1 Å². The lowest BCUT2D eigenvalue weighted by molar-refractivity contribution is 0.712. The molecule has 2 rings (SSSR count). The van der Waals surface area contributed by atoms with E-state index in [-0.39, 0.29) is 5.54 Å². The number of rotatable bonds is 4. The Hall–Kier alpha value is -0.0600. The lowest BCUT2D eigenvalue weighted by Gasteiger charge is -2.01. The number of thioether (sulfide) groups is 1. The predicted octanol–water partition coefficient (Wildman–Crippen LogP) is 2.34. The van der Waals surface area contributed by atoms with E-state index < -0.39 is 0 Å². The van der Waals surface area contributed by atoms with Gasteiger partial charge in [0.15, 0.2) is 0 Å². The van der Waals surface area contributed by atoms with Gasteiger partial charge in [0.1, 0.15) is 5.01 Å². The zero-order valence-electron chi connectivity index (χ0n) is 7.75. The molecule has 0 saturated heterocycles. The van der Waals surface area contributed by atoms with Crippen LogP contribution < -0.4 is 5.73 Å². The van der Waals surface area contributed by atoms with Crippen LogP contribution in [0.25, 0.3) is 0 Å². The number of nitrogens with two attached hydrogens (primary N) is 1. The summed E-state index contributed by atoms with van der Waals surface area (Å²) >= 11 is 3.66. The summed E-state index contributed by atoms with van der Waals surface area (Å²) in [4.78, 5) is 4.55. The van der Waals surface area contributed by atoms with Crippen molar-refractivity contribution in [3.05, 3.63) is 16.1 Å². The van der Waals surface area contributed by atoms with Gasteiger partial charge in [-0.25, -0.2) is 4.98 Å². The molecule has 0 unspecified atom stereocenters. The number of hydrogen-bond donors (Lipinski definition) is 1. The molecule has 72 valence electrons. The third-order valence-corrected chi connectivity index (χ3v) is 4.20. The summed E-state index contributed by atoms with van der Waals surface area (Å²) in [7, 11) is 0. The van der Waals surface area contributed by atoms with E-state index in [1.807, 2.05) is 11.8 Å². The summed E-state index contributed by atoms with van der Waals surface area (Å²) in [5.41, 5.74) is 7.11. The molecule has 1 aliphatic rings. The first kappa shape index (κ1) is 9.49. The zero-order chi connectivity index (χ0) is 9.31. The van der Waals surface area contributed by atoms with Gasteiger partial charge >= 0.3 is 0 Å². The first-order valence-corrected chi connectivity index (χ1v) is 6.59. The fourth-order valence-electron chi connectivity index (χ4n) is 1.19. The third kappa shape index (κ3) is 2.06. The molecule has 0 spiro atoms. The van der Waals surface area contributed by atoms with Gasteiger partial charge in [-0.3, -0.25) is 0 Å². The molecule has 4 heteroatoms. The molecule has 1 heterocycles. The second-order valence-electron chi connectivity index (χ2n) is 3.42. The van der Waals surface area contributed by atoms with Crippen molar-refractivity contribution in [3.63, 3.8) is 0 Å². The van der Waals surface area contributed by atoms with Crippen LogP contribution in [-0.4, -0.2) is 10.7 Å². The Morgan fingerprint density at radius 1 is 1.69 bits per heavy atom. The Morgan fingerprint density at radius 2 is 2.46 bits per heavy atom. The average molecular weight is 214 g/mol. The standard InChI is InChI=1S/C9H14N2S2/c1-2-12-6-8-11-7(5-13-8)9(10)3-4-9/h5H,2-4,6,10H2,1H3. The van der Waals surface area contributed by atoms with Crippen LogP contribution in [0.1, 0.15) is 30.5 Å². The first-order valence-electron chi connectivity index (χ1n) is 4.56. The fraction of sp³-hybridized carbons (Fsp3) is 0.667. The summed E-state index contributed by atoms with van der Waals surface area (Å²) in [6.45, 7) is 2.17. The van der Waals surface area contributed by atoms with Crippen LogP contribution in [0.3, 0.4) is 0 Å². The van der Waals surface area contributed by atoms with E-state index in [0.717, 1.165) is 30.0 Å².